The number of nitrogens with zero attached hydrogens (tertiary/aromatic N) is 1. The van der Waals surface area contributed by atoms with Gasteiger partial charge in [-0.15, -0.1) is 0 Å². The van der Waals surface area contributed by atoms with Gasteiger partial charge in [-0.1, -0.05) is 26.7 Å². The predicted molar refractivity (Wildman–Crippen MR) is 72.8 cm³/mol. The maximum Gasteiger partial charge on any atom is 0.252 e. The summed E-state index contributed by atoms with van der Waals surface area (Å²) in [5.74, 6) is 1.57. The molecule has 0 aliphatic heterocycles. The molecule has 18 heavy (non-hydrogen) atoms. The van der Waals surface area contributed by atoms with Gasteiger partial charge in [-0.25, -0.2) is 4.98 Å². The van der Waals surface area contributed by atoms with E-state index in [-0.39, 0.29) is 23.6 Å². The highest BCUT2D eigenvalue weighted by molar-refractivity contribution is 5.35. The fourth-order valence-corrected chi connectivity index (χ4v) is 2.35. The molecule has 0 radical (unpaired) electrons. The summed E-state index contributed by atoms with van der Waals surface area (Å²) in [6.07, 6.45) is 4.47. The number of aromatic nitrogens is 2. The van der Waals surface area contributed by atoms with Gasteiger partial charge in [-0.3, -0.25) is 4.79 Å². The fraction of sp³-hybridized carbons (Fsp3) is 0.692. The number of aromatic amines is 1. The van der Waals surface area contributed by atoms with E-state index in [1.165, 1.54) is 18.9 Å². The first kappa shape index (κ1) is 13.1. The SMILES string of the molecule is CC(C)c1nc(N[C@@H]2CCCC[C@H]2N)cc(=O)[nH]1. The van der Waals surface area contributed by atoms with Crippen LogP contribution in [0.2, 0.25) is 0 Å². The van der Waals surface area contributed by atoms with E-state index in [1.54, 1.807) is 0 Å². The Hall–Kier alpha value is -1.36. The number of hydrogen-bond donors (Lipinski definition) is 3. The average molecular weight is 250 g/mol. The summed E-state index contributed by atoms with van der Waals surface area (Å²) in [6.45, 7) is 4.02. The summed E-state index contributed by atoms with van der Waals surface area (Å²) in [5.41, 5.74) is 5.98. The van der Waals surface area contributed by atoms with Crippen molar-refractivity contribution in [3.8, 4) is 0 Å². The van der Waals surface area contributed by atoms with E-state index in [0.717, 1.165) is 18.7 Å². The Morgan fingerprint density at radius 3 is 2.83 bits per heavy atom. The Kier molecular flexibility index (Phi) is 4.01. The highest BCUT2D eigenvalue weighted by atomic mass is 16.1. The third kappa shape index (κ3) is 3.10. The smallest absolute Gasteiger partial charge is 0.252 e. The Bertz CT molecular complexity index is 455. The lowest BCUT2D eigenvalue weighted by molar-refractivity contribution is 0.403. The molecule has 4 N–H and O–H groups in total. The number of nitrogens with two attached hydrogens (primary N) is 1. The minimum Gasteiger partial charge on any atom is -0.366 e. The molecule has 100 valence electrons. The normalized spacial score (nSPS) is 24.2. The van der Waals surface area contributed by atoms with Gasteiger partial charge in [0.25, 0.3) is 5.56 Å². The van der Waals surface area contributed by atoms with Crippen LogP contribution in [0.1, 0.15) is 51.3 Å². The fourth-order valence-electron chi connectivity index (χ4n) is 2.35. The highest BCUT2D eigenvalue weighted by Gasteiger charge is 2.22. The summed E-state index contributed by atoms with van der Waals surface area (Å²) in [5, 5.41) is 3.31. The van der Waals surface area contributed by atoms with Crippen LogP contribution in [0.5, 0.6) is 0 Å². The van der Waals surface area contributed by atoms with Gasteiger partial charge in [-0.05, 0) is 12.8 Å². The largest absolute Gasteiger partial charge is 0.366 e. The molecule has 1 saturated carbocycles. The lowest BCUT2D eigenvalue weighted by Gasteiger charge is -2.29. The van der Waals surface area contributed by atoms with Crippen molar-refractivity contribution in [1.82, 2.24) is 9.97 Å². The summed E-state index contributed by atoms with van der Waals surface area (Å²) < 4.78 is 0. The summed E-state index contributed by atoms with van der Waals surface area (Å²) in [4.78, 5) is 18.8. The van der Waals surface area contributed by atoms with E-state index in [2.05, 4.69) is 15.3 Å². The molecule has 0 amide bonds. The predicted octanol–water partition coefficient (Wildman–Crippen LogP) is 1.58. The van der Waals surface area contributed by atoms with Gasteiger partial charge in [0.15, 0.2) is 0 Å². The van der Waals surface area contributed by atoms with Crippen LogP contribution >= 0.6 is 0 Å². The van der Waals surface area contributed by atoms with Crippen LogP contribution < -0.4 is 16.6 Å². The first-order valence-corrected chi connectivity index (χ1v) is 6.69. The van der Waals surface area contributed by atoms with Gasteiger partial charge >= 0.3 is 0 Å². The van der Waals surface area contributed by atoms with Crippen molar-refractivity contribution in [3.63, 3.8) is 0 Å². The Balaban J connectivity index is 2.15. The van der Waals surface area contributed by atoms with Crippen molar-refractivity contribution in [2.75, 3.05) is 5.32 Å². The lowest BCUT2D eigenvalue weighted by atomic mass is 9.91. The minimum absolute atomic E-state index is 0.111. The summed E-state index contributed by atoms with van der Waals surface area (Å²) in [6, 6.07) is 1.89. The molecule has 5 nitrogen and oxygen atoms in total. The Morgan fingerprint density at radius 2 is 2.17 bits per heavy atom. The third-order valence-electron chi connectivity index (χ3n) is 3.46. The molecular weight excluding hydrogens is 228 g/mol. The zero-order valence-electron chi connectivity index (χ0n) is 11.1. The molecule has 0 saturated heterocycles. The van der Waals surface area contributed by atoms with E-state index in [4.69, 9.17) is 5.73 Å². The summed E-state index contributed by atoms with van der Waals surface area (Å²) in [7, 11) is 0. The number of nitrogens with one attached hydrogen (secondary N) is 2. The molecule has 5 heteroatoms. The molecule has 2 atom stereocenters. The van der Waals surface area contributed by atoms with Crippen LogP contribution in [0.15, 0.2) is 10.9 Å². The first-order chi connectivity index (χ1) is 8.56. The molecule has 1 aromatic heterocycles. The minimum atomic E-state index is -0.111. The Morgan fingerprint density at radius 1 is 1.44 bits per heavy atom. The monoisotopic (exact) mass is 250 g/mol. The van der Waals surface area contributed by atoms with Crippen molar-refractivity contribution in [2.45, 2.75) is 57.5 Å². The molecule has 0 bridgehead atoms. The van der Waals surface area contributed by atoms with Gasteiger partial charge in [0.05, 0.1) is 0 Å². The first-order valence-electron chi connectivity index (χ1n) is 6.69. The van der Waals surface area contributed by atoms with Crippen LogP contribution in [0.4, 0.5) is 5.82 Å². The van der Waals surface area contributed by atoms with Gasteiger partial charge in [0, 0.05) is 24.1 Å². The molecule has 2 rings (SSSR count). The molecule has 1 fully saturated rings. The highest BCUT2D eigenvalue weighted by Crippen LogP contribution is 2.20. The van der Waals surface area contributed by atoms with Crippen LogP contribution in [-0.4, -0.2) is 22.1 Å². The van der Waals surface area contributed by atoms with E-state index >= 15 is 0 Å². The Labute approximate surface area is 107 Å². The van der Waals surface area contributed by atoms with Gasteiger partial charge in [0.2, 0.25) is 0 Å². The molecule has 0 unspecified atom stereocenters. The van der Waals surface area contributed by atoms with Crippen molar-refractivity contribution in [1.29, 1.82) is 0 Å². The molecule has 0 spiro atoms. The van der Waals surface area contributed by atoms with E-state index in [0.29, 0.717) is 5.82 Å². The van der Waals surface area contributed by atoms with Crippen LogP contribution in [-0.2, 0) is 0 Å². The second kappa shape index (κ2) is 5.52. The number of H-pyrrole nitrogens is 1. The second-order valence-corrected chi connectivity index (χ2v) is 5.37. The summed E-state index contributed by atoms with van der Waals surface area (Å²) >= 11 is 0. The van der Waals surface area contributed by atoms with Crippen molar-refractivity contribution in [3.05, 3.63) is 22.2 Å². The standard InChI is InChI=1S/C13H22N4O/c1-8(2)13-16-11(7-12(18)17-13)15-10-6-4-3-5-9(10)14/h7-10H,3-6,14H2,1-2H3,(H2,15,16,17,18)/t9-,10-/m1/s1. The molecule has 1 aliphatic carbocycles. The average Bonchev–Trinajstić information content (AvgIpc) is 2.31. The van der Waals surface area contributed by atoms with Gasteiger partial charge in [0.1, 0.15) is 11.6 Å². The van der Waals surface area contributed by atoms with Crippen molar-refractivity contribution in [2.24, 2.45) is 5.73 Å². The maximum absolute atomic E-state index is 11.6. The van der Waals surface area contributed by atoms with E-state index in [9.17, 15) is 4.79 Å². The van der Waals surface area contributed by atoms with Crippen molar-refractivity contribution >= 4 is 5.82 Å². The quantitative estimate of drug-likeness (QED) is 0.760. The number of anilines is 1. The van der Waals surface area contributed by atoms with Gasteiger partial charge in [-0.2, -0.15) is 0 Å². The van der Waals surface area contributed by atoms with Crippen LogP contribution in [0, 0.1) is 0 Å². The second-order valence-electron chi connectivity index (χ2n) is 5.37. The van der Waals surface area contributed by atoms with Crippen LogP contribution in [0.3, 0.4) is 0 Å². The maximum atomic E-state index is 11.6. The molecular formula is C13H22N4O. The molecule has 1 heterocycles. The number of hydrogen-bond acceptors (Lipinski definition) is 4. The third-order valence-corrected chi connectivity index (χ3v) is 3.46. The lowest BCUT2D eigenvalue weighted by Crippen LogP contribution is -2.43. The molecule has 0 aromatic carbocycles. The topological polar surface area (TPSA) is 83.8 Å². The van der Waals surface area contributed by atoms with Crippen molar-refractivity contribution < 1.29 is 0 Å². The molecule has 1 aromatic rings. The van der Waals surface area contributed by atoms with E-state index in [1.807, 2.05) is 13.8 Å². The molecule has 1 aliphatic rings. The van der Waals surface area contributed by atoms with Crippen LogP contribution in [0.25, 0.3) is 0 Å². The van der Waals surface area contributed by atoms with Gasteiger partial charge < -0.3 is 16.0 Å². The zero-order chi connectivity index (χ0) is 13.1. The zero-order valence-corrected chi connectivity index (χ0v) is 11.1. The van der Waals surface area contributed by atoms with E-state index < -0.39 is 0 Å². The number of rotatable bonds is 3.